The third-order valence-corrected chi connectivity index (χ3v) is 6.78. The van der Waals surface area contributed by atoms with E-state index in [4.69, 9.17) is 4.84 Å². The van der Waals surface area contributed by atoms with Crippen molar-refractivity contribution in [3.63, 3.8) is 0 Å². The van der Waals surface area contributed by atoms with Gasteiger partial charge in [0, 0.05) is 19.4 Å². The van der Waals surface area contributed by atoms with Crippen LogP contribution in [0.1, 0.15) is 51.1 Å². The van der Waals surface area contributed by atoms with Crippen LogP contribution in [0.5, 0.6) is 0 Å². The number of carbonyl (C=O) groups is 5. The highest BCUT2D eigenvalue weighted by Crippen LogP contribution is 2.43. The van der Waals surface area contributed by atoms with E-state index in [9.17, 15) is 24.0 Å². The lowest BCUT2D eigenvalue weighted by Gasteiger charge is -2.19. The van der Waals surface area contributed by atoms with Crippen LogP contribution in [0.25, 0.3) is 22.3 Å². The Morgan fingerprint density at radius 3 is 1.57 bits per heavy atom. The number of fused-ring (bicyclic) bond motifs is 1. The van der Waals surface area contributed by atoms with Crippen LogP contribution in [0.2, 0.25) is 0 Å². The Morgan fingerprint density at radius 1 is 0.703 bits per heavy atom. The molecule has 4 amide bonds. The topological polar surface area (TPSA) is 101 Å². The second-order valence-corrected chi connectivity index (χ2v) is 9.04. The molecule has 1 saturated heterocycles. The quantitative estimate of drug-likeness (QED) is 0.474. The molecular formula is C29H24N2O6. The van der Waals surface area contributed by atoms with Crippen LogP contribution < -0.4 is 0 Å². The predicted molar refractivity (Wildman–Crippen MR) is 134 cm³/mol. The van der Waals surface area contributed by atoms with Crippen LogP contribution in [0, 0.1) is 13.8 Å². The normalized spacial score (nSPS) is 15.0. The number of hydrogen-bond acceptors (Lipinski definition) is 6. The van der Waals surface area contributed by atoms with E-state index in [0.717, 1.165) is 27.2 Å². The molecule has 8 heteroatoms. The molecule has 0 N–H and O–H groups in total. The summed E-state index contributed by atoms with van der Waals surface area (Å²) in [5.41, 5.74) is 5.59. The molecule has 0 aliphatic carbocycles. The monoisotopic (exact) mass is 496 g/mol. The van der Waals surface area contributed by atoms with E-state index in [2.05, 4.69) is 0 Å². The maximum Gasteiger partial charge on any atom is 0.335 e. The Hall–Kier alpha value is -4.59. The molecule has 0 bridgehead atoms. The van der Waals surface area contributed by atoms with Gasteiger partial charge in [0.25, 0.3) is 23.6 Å². The molecule has 0 spiro atoms. The molecule has 0 unspecified atom stereocenters. The van der Waals surface area contributed by atoms with Gasteiger partial charge in [0.2, 0.25) is 0 Å². The molecule has 0 aromatic heterocycles. The standard InChI is InChI=1S/C29H24N2O6/c1-17-24(19-9-5-3-6-10-19)25(20-11-7-4-8-12-20)18(2)27-26(17)28(35)30(29(27)36)16-15-23(34)37-31-21(32)13-14-22(31)33/h3-12H,13-16H2,1-2H3. The average molecular weight is 497 g/mol. The summed E-state index contributed by atoms with van der Waals surface area (Å²) in [5.74, 6) is -3.03. The van der Waals surface area contributed by atoms with Crippen molar-refractivity contribution in [3.8, 4) is 22.3 Å². The van der Waals surface area contributed by atoms with Gasteiger partial charge in [-0.3, -0.25) is 24.1 Å². The van der Waals surface area contributed by atoms with E-state index in [-0.39, 0.29) is 25.8 Å². The number of carbonyl (C=O) groups excluding carboxylic acids is 5. The maximum absolute atomic E-state index is 13.5. The average Bonchev–Trinajstić information content (AvgIpc) is 3.35. The summed E-state index contributed by atoms with van der Waals surface area (Å²) in [7, 11) is 0. The van der Waals surface area contributed by atoms with Gasteiger partial charge in [-0.2, -0.15) is 0 Å². The van der Waals surface area contributed by atoms with E-state index in [0.29, 0.717) is 27.3 Å². The van der Waals surface area contributed by atoms with Crippen molar-refractivity contribution in [2.45, 2.75) is 33.1 Å². The van der Waals surface area contributed by atoms with Crippen LogP contribution in [-0.4, -0.2) is 46.1 Å². The lowest BCUT2D eigenvalue weighted by molar-refractivity contribution is -0.197. The van der Waals surface area contributed by atoms with Gasteiger partial charge in [0.1, 0.15) is 0 Å². The van der Waals surface area contributed by atoms with Crippen LogP contribution >= 0.6 is 0 Å². The Labute approximate surface area is 213 Å². The third-order valence-electron chi connectivity index (χ3n) is 6.78. The smallest absolute Gasteiger partial charge is 0.330 e. The van der Waals surface area contributed by atoms with Crippen molar-refractivity contribution in [2.24, 2.45) is 0 Å². The van der Waals surface area contributed by atoms with Gasteiger partial charge >= 0.3 is 5.97 Å². The number of rotatable bonds is 6. The van der Waals surface area contributed by atoms with Gasteiger partial charge < -0.3 is 4.84 Å². The number of nitrogens with zero attached hydrogens (tertiary/aromatic N) is 2. The SMILES string of the molecule is Cc1c2c(c(C)c(-c3ccccc3)c1-c1ccccc1)C(=O)N(CCC(=O)ON1C(=O)CCC1=O)C2=O. The zero-order valence-electron chi connectivity index (χ0n) is 20.4. The summed E-state index contributed by atoms with van der Waals surface area (Å²) in [6, 6.07) is 19.4. The molecule has 37 heavy (non-hydrogen) atoms. The molecule has 2 aliphatic rings. The fourth-order valence-electron chi connectivity index (χ4n) is 5.04. The fraction of sp³-hybridized carbons (Fsp3) is 0.207. The van der Waals surface area contributed by atoms with Crippen molar-refractivity contribution in [2.75, 3.05) is 6.54 Å². The van der Waals surface area contributed by atoms with Crippen molar-refractivity contribution < 1.29 is 28.8 Å². The molecule has 0 saturated carbocycles. The predicted octanol–water partition coefficient (Wildman–Crippen LogP) is 4.23. The Bertz CT molecular complexity index is 1360. The minimum absolute atomic E-state index is 0.0173. The molecule has 3 aromatic rings. The van der Waals surface area contributed by atoms with Crippen molar-refractivity contribution in [1.29, 1.82) is 0 Å². The summed E-state index contributed by atoms with van der Waals surface area (Å²) in [6.45, 7) is 3.43. The number of hydrogen-bond donors (Lipinski definition) is 0. The summed E-state index contributed by atoms with van der Waals surface area (Å²) in [5, 5.41) is 0.456. The van der Waals surface area contributed by atoms with Gasteiger partial charge in [-0.05, 0) is 47.2 Å². The molecule has 2 heterocycles. The maximum atomic E-state index is 13.5. The molecule has 3 aromatic carbocycles. The molecular weight excluding hydrogens is 472 g/mol. The third kappa shape index (κ3) is 4.10. The van der Waals surface area contributed by atoms with E-state index in [1.807, 2.05) is 74.5 Å². The van der Waals surface area contributed by atoms with E-state index < -0.39 is 29.6 Å². The van der Waals surface area contributed by atoms with Crippen LogP contribution in [0.4, 0.5) is 0 Å². The second kappa shape index (κ2) is 9.46. The Morgan fingerprint density at radius 2 is 1.14 bits per heavy atom. The number of imide groups is 2. The Kier molecular flexibility index (Phi) is 6.17. The molecule has 0 atom stereocenters. The number of hydroxylamine groups is 2. The summed E-state index contributed by atoms with van der Waals surface area (Å²) in [6.07, 6.45) is -0.384. The van der Waals surface area contributed by atoms with E-state index >= 15 is 0 Å². The van der Waals surface area contributed by atoms with E-state index in [1.54, 1.807) is 0 Å². The highest BCUT2D eigenvalue weighted by molar-refractivity contribution is 6.24. The van der Waals surface area contributed by atoms with Gasteiger partial charge in [0.15, 0.2) is 0 Å². The molecule has 186 valence electrons. The van der Waals surface area contributed by atoms with Crippen molar-refractivity contribution >= 4 is 29.6 Å². The highest BCUT2D eigenvalue weighted by atomic mass is 16.7. The first-order valence-electron chi connectivity index (χ1n) is 12.0. The van der Waals surface area contributed by atoms with Crippen LogP contribution in [0.15, 0.2) is 60.7 Å². The first kappa shape index (κ1) is 24.1. The van der Waals surface area contributed by atoms with Crippen LogP contribution in [-0.2, 0) is 19.2 Å². The largest absolute Gasteiger partial charge is 0.335 e. The zero-order valence-corrected chi connectivity index (χ0v) is 20.4. The minimum Gasteiger partial charge on any atom is -0.330 e. The molecule has 5 rings (SSSR count). The van der Waals surface area contributed by atoms with Gasteiger partial charge in [0.05, 0.1) is 17.5 Å². The first-order chi connectivity index (χ1) is 17.8. The second-order valence-electron chi connectivity index (χ2n) is 9.04. The molecule has 2 aliphatic heterocycles. The number of benzene rings is 3. The van der Waals surface area contributed by atoms with Gasteiger partial charge in [-0.1, -0.05) is 60.7 Å². The Balaban J connectivity index is 1.51. The zero-order chi connectivity index (χ0) is 26.3. The molecule has 0 radical (unpaired) electrons. The summed E-state index contributed by atoms with van der Waals surface area (Å²) < 4.78 is 0. The van der Waals surface area contributed by atoms with Crippen LogP contribution in [0.3, 0.4) is 0 Å². The fourth-order valence-corrected chi connectivity index (χ4v) is 5.04. The van der Waals surface area contributed by atoms with E-state index in [1.165, 1.54) is 0 Å². The highest BCUT2D eigenvalue weighted by Gasteiger charge is 2.41. The molecule has 8 nitrogen and oxygen atoms in total. The van der Waals surface area contributed by atoms with Gasteiger partial charge in [-0.15, -0.1) is 5.06 Å². The number of amides is 4. The minimum atomic E-state index is -0.872. The summed E-state index contributed by atoms with van der Waals surface area (Å²) >= 11 is 0. The lowest BCUT2D eigenvalue weighted by Crippen LogP contribution is -2.35. The van der Waals surface area contributed by atoms with Gasteiger partial charge in [-0.25, -0.2) is 4.79 Å². The molecule has 1 fully saturated rings. The lowest BCUT2D eigenvalue weighted by atomic mass is 9.82. The first-order valence-corrected chi connectivity index (χ1v) is 12.0. The van der Waals surface area contributed by atoms with Crippen molar-refractivity contribution in [1.82, 2.24) is 9.96 Å². The van der Waals surface area contributed by atoms with Crippen molar-refractivity contribution in [3.05, 3.63) is 82.9 Å². The summed E-state index contributed by atoms with van der Waals surface area (Å²) in [4.78, 5) is 68.7.